The van der Waals surface area contributed by atoms with Crippen molar-refractivity contribution in [2.45, 2.75) is 52.9 Å². The molecule has 1 atom stereocenters. The maximum atomic E-state index is 12.9. The smallest absolute Gasteiger partial charge is 0.224 e. The molecule has 2 saturated heterocycles. The highest BCUT2D eigenvalue weighted by atomic mass is 16.2. The predicted octanol–water partition coefficient (Wildman–Crippen LogP) is 3.09. The van der Waals surface area contributed by atoms with Crippen molar-refractivity contribution in [1.82, 2.24) is 30.2 Å². The lowest BCUT2D eigenvalue weighted by molar-refractivity contribution is -0.127. The molecule has 36 heavy (non-hydrogen) atoms. The van der Waals surface area contributed by atoms with E-state index in [9.17, 15) is 9.59 Å². The number of hydrogen-bond donors (Lipinski definition) is 1. The van der Waals surface area contributed by atoms with Gasteiger partial charge in [-0.05, 0) is 58.6 Å². The number of piperidine rings is 1. The second-order valence-corrected chi connectivity index (χ2v) is 10.1. The Labute approximate surface area is 211 Å². The van der Waals surface area contributed by atoms with E-state index in [0.29, 0.717) is 19.5 Å². The summed E-state index contributed by atoms with van der Waals surface area (Å²) < 4.78 is 1.96. The quantitative estimate of drug-likeness (QED) is 0.513. The number of aromatic nitrogens is 4. The summed E-state index contributed by atoms with van der Waals surface area (Å²) in [5.74, 6) is 0.945. The van der Waals surface area contributed by atoms with Crippen molar-refractivity contribution in [2.75, 3.05) is 37.6 Å². The van der Waals surface area contributed by atoms with Crippen molar-refractivity contribution in [3.05, 3.63) is 41.2 Å². The molecule has 5 rings (SSSR count). The highest BCUT2D eigenvalue weighted by Gasteiger charge is 2.29. The van der Waals surface area contributed by atoms with Crippen LogP contribution in [0, 0.1) is 26.7 Å². The maximum absolute atomic E-state index is 12.9. The molecular weight excluding hydrogens is 454 g/mol. The number of nitrogens with one attached hydrogen (secondary N) is 1. The van der Waals surface area contributed by atoms with Gasteiger partial charge in [-0.15, -0.1) is 5.10 Å². The third-order valence-electron chi connectivity index (χ3n) is 7.43. The number of benzene rings is 1. The zero-order valence-corrected chi connectivity index (χ0v) is 21.5. The van der Waals surface area contributed by atoms with Crippen molar-refractivity contribution in [1.29, 1.82) is 0 Å². The highest BCUT2D eigenvalue weighted by Crippen LogP contribution is 2.31. The zero-order chi connectivity index (χ0) is 25.2. The molecule has 0 spiro atoms. The molecule has 2 aliphatic rings. The number of rotatable bonds is 7. The molecule has 0 radical (unpaired) electrons. The summed E-state index contributed by atoms with van der Waals surface area (Å²) in [6, 6.07) is 8.32. The number of carbonyl (C=O) groups excluding carboxylic acids is 2. The van der Waals surface area contributed by atoms with E-state index in [1.54, 1.807) is 0 Å². The minimum Gasteiger partial charge on any atom is -0.356 e. The van der Waals surface area contributed by atoms with Gasteiger partial charge >= 0.3 is 0 Å². The van der Waals surface area contributed by atoms with Crippen molar-refractivity contribution in [3.63, 3.8) is 0 Å². The number of anilines is 1. The Morgan fingerprint density at radius 1 is 1.08 bits per heavy atom. The van der Waals surface area contributed by atoms with Crippen LogP contribution in [0.3, 0.4) is 0 Å². The fourth-order valence-corrected chi connectivity index (χ4v) is 5.41. The van der Waals surface area contributed by atoms with Gasteiger partial charge in [0.15, 0.2) is 5.82 Å². The Balaban J connectivity index is 1.29. The minimum atomic E-state index is -0.106. The number of carbonyl (C=O) groups is 2. The Kier molecular flexibility index (Phi) is 6.89. The molecule has 3 aromatic rings. The first-order valence-corrected chi connectivity index (χ1v) is 13.0. The molecular formula is C27H35N7O2. The van der Waals surface area contributed by atoms with E-state index < -0.39 is 0 Å². The van der Waals surface area contributed by atoms with Gasteiger partial charge in [0.05, 0.1) is 28.4 Å². The van der Waals surface area contributed by atoms with Gasteiger partial charge in [-0.3, -0.25) is 9.59 Å². The molecule has 1 N–H and O–H groups in total. The Morgan fingerprint density at radius 3 is 2.64 bits per heavy atom. The number of hydrogen-bond acceptors (Lipinski definition) is 6. The number of fused-ring (bicyclic) bond motifs is 1. The molecule has 9 nitrogen and oxygen atoms in total. The van der Waals surface area contributed by atoms with Gasteiger partial charge in [0, 0.05) is 39.1 Å². The highest BCUT2D eigenvalue weighted by molar-refractivity contribution is 5.92. The molecule has 2 fully saturated rings. The first-order valence-electron chi connectivity index (χ1n) is 13.0. The SMILES string of the molecule is Cc1ccc(-n2nc3c(N4CCCC(C(=O)NCCCN5CCCC5=O)C4)nnc(C)c3c2C)cc1. The summed E-state index contributed by atoms with van der Waals surface area (Å²) in [5.41, 5.74) is 4.93. The summed E-state index contributed by atoms with van der Waals surface area (Å²) >= 11 is 0. The molecule has 9 heteroatoms. The molecule has 4 heterocycles. The largest absolute Gasteiger partial charge is 0.356 e. The minimum absolute atomic E-state index is 0.0742. The van der Waals surface area contributed by atoms with Crippen LogP contribution >= 0.6 is 0 Å². The predicted molar refractivity (Wildman–Crippen MR) is 139 cm³/mol. The summed E-state index contributed by atoms with van der Waals surface area (Å²) in [6.45, 7) is 9.68. The van der Waals surface area contributed by atoms with Crippen molar-refractivity contribution >= 4 is 28.5 Å². The normalized spacial score (nSPS) is 18.3. The summed E-state index contributed by atoms with van der Waals surface area (Å²) in [6.07, 6.45) is 4.15. The van der Waals surface area contributed by atoms with E-state index in [0.717, 1.165) is 79.1 Å². The van der Waals surface area contributed by atoms with Crippen LogP contribution in [0.4, 0.5) is 5.82 Å². The maximum Gasteiger partial charge on any atom is 0.224 e. The Bertz CT molecular complexity index is 1270. The van der Waals surface area contributed by atoms with Crippen LogP contribution in [0.1, 0.15) is 49.1 Å². The van der Waals surface area contributed by atoms with Crippen LogP contribution in [-0.2, 0) is 9.59 Å². The van der Waals surface area contributed by atoms with Gasteiger partial charge in [0.2, 0.25) is 11.8 Å². The van der Waals surface area contributed by atoms with Gasteiger partial charge in [-0.25, -0.2) is 4.68 Å². The van der Waals surface area contributed by atoms with E-state index in [2.05, 4.69) is 58.5 Å². The van der Waals surface area contributed by atoms with Crippen LogP contribution in [-0.4, -0.2) is 69.4 Å². The lowest BCUT2D eigenvalue weighted by Crippen LogP contribution is -2.44. The van der Waals surface area contributed by atoms with Crippen molar-refractivity contribution in [3.8, 4) is 5.69 Å². The zero-order valence-electron chi connectivity index (χ0n) is 21.5. The van der Waals surface area contributed by atoms with E-state index >= 15 is 0 Å². The van der Waals surface area contributed by atoms with Gasteiger partial charge < -0.3 is 15.1 Å². The third-order valence-corrected chi connectivity index (χ3v) is 7.43. The summed E-state index contributed by atoms with van der Waals surface area (Å²) in [5, 5.41) is 18.1. The number of likely N-dealkylation sites (tertiary alicyclic amines) is 1. The van der Waals surface area contributed by atoms with Gasteiger partial charge in [-0.2, -0.15) is 10.2 Å². The summed E-state index contributed by atoms with van der Waals surface area (Å²) in [7, 11) is 0. The average molecular weight is 490 g/mol. The molecule has 1 unspecified atom stereocenters. The second-order valence-electron chi connectivity index (χ2n) is 10.1. The Hall–Kier alpha value is -3.49. The lowest BCUT2D eigenvalue weighted by atomic mass is 9.97. The molecule has 0 bridgehead atoms. The molecule has 190 valence electrons. The molecule has 2 aliphatic heterocycles. The van der Waals surface area contributed by atoms with Crippen LogP contribution in [0.25, 0.3) is 16.6 Å². The van der Waals surface area contributed by atoms with Crippen LogP contribution in [0.2, 0.25) is 0 Å². The lowest BCUT2D eigenvalue weighted by Gasteiger charge is -2.32. The first kappa shape index (κ1) is 24.2. The first-order chi connectivity index (χ1) is 17.4. The van der Waals surface area contributed by atoms with Gasteiger partial charge in [0.25, 0.3) is 0 Å². The average Bonchev–Trinajstić information content (AvgIpc) is 3.45. The van der Waals surface area contributed by atoms with Crippen LogP contribution < -0.4 is 10.2 Å². The summed E-state index contributed by atoms with van der Waals surface area (Å²) in [4.78, 5) is 28.8. The molecule has 2 aromatic heterocycles. The van der Waals surface area contributed by atoms with Crippen molar-refractivity contribution < 1.29 is 9.59 Å². The van der Waals surface area contributed by atoms with Crippen LogP contribution in [0.15, 0.2) is 24.3 Å². The fraction of sp³-hybridized carbons (Fsp3) is 0.519. The van der Waals surface area contributed by atoms with Gasteiger partial charge in [0.1, 0.15) is 5.52 Å². The number of aryl methyl sites for hydroxylation is 3. The fourth-order valence-electron chi connectivity index (χ4n) is 5.41. The topological polar surface area (TPSA) is 96.2 Å². The monoisotopic (exact) mass is 489 g/mol. The second kappa shape index (κ2) is 10.2. The van der Waals surface area contributed by atoms with E-state index in [1.165, 1.54) is 5.56 Å². The van der Waals surface area contributed by atoms with Gasteiger partial charge in [-0.1, -0.05) is 17.7 Å². The van der Waals surface area contributed by atoms with E-state index in [4.69, 9.17) is 5.10 Å². The van der Waals surface area contributed by atoms with Crippen molar-refractivity contribution in [2.24, 2.45) is 5.92 Å². The number of amides is 2. The Morgan fingerprint density at radius 2 is 1.89 bits per heavy atom. The third kappa shape index (κ3) is 4.79. The molecule has 0 saturated carbocycles. The molecule has 1 aromatic carbocycles. The van der Waals surface area contributed by atoms with E-state index in [1.807, 2.05) is 16.5 Å². The van der Waals surface area contributed by atoms with Crippen LogP contribution in [0.5, 0.6) is 0 Å². The number of nitrogens with zero attached hydrogens (tertiary/aromatic N) is 6. The standard InChI is InChI=1S/C27H35N7O2/c1-18-9-11-22(12-10-18)34-20(3)24-19(2)29-30-26(25(24)31-34)33-15-4-7-21(17-33)27(36)28-13-6-16-32-14-5-8-23(32)35/h9-12,21H,4-8,13-17H2,1-3H3,(H,28,36). The molecule has 2 amide bonds. The van der Waals surface area contributed by atoms with E-state index in [-0.39, 0.29) is 17.7 Å². The molecule has 0 aliphatic carbocycles.